The molecule has 0 aromatic heterocycles. The summed E-state index contributed by atoms with van der Waals surface area (Å²) in [4.78, 5) is 25.6. The fourth-order valence-corrected chi connectivity index (χ4v) is 3.62. The van der Waals surface area contributed by atoms with Gasteiger partial charge in [0.1, 0.15) is 0 Å². The third-order valence-corrected chi connectivity index (χ3v) is 4.97. The SMILES string of the molecule is COc1cccc(/C=C/C(=O)O[C@@H](C(=O)Nc2cc(Cl)cc(Cl)c2)c2ccccc2)c1OC. The van der Waals surface area contributed by atoms with Crippen molar-refractivity contribution in [3.05, 3.63) is 94.0 Å². The van der Waals surface area contributed by atoms with Gasteiger partial charge in [-0.15, -0.1) is 0 Å². The Balaban J connectivity index is 1.82. The maximum absolute atomic E-state index is 13.0. The summed E-state index contributed by atoms with van der Waals surface area (Å²) in [7, 11) is 3.03. The molecule has 0 aliphatic rings. The van der Waals surface area contributed by atoms with Crippen LogP contribution in [0.1, 0.15) is 17.2 Å². The van der Waals surface area contributed by atoms with E-state index in [4.69, 9.17) is 37.4 Å². The predicted molar refractivity (Wildman–Crippen MR) is 129 cm³/mol. The Morgan fingerprint density at radius 1 is 0.909 bits per heavy atom. The second kappa shape index (κ2) is 11.4. The molecular formula is C25H21Cl2NO5. The van der Waals surface area contributed by atoms with Crippen molar-refractivity contribution in [3.8, 4) is 11.5 Å². The van der Waals surface area contributed by atoms with Gasteiger partial charge in [0.15, 0.2) is 11.5 Å². The van der Waals surface area contributed by atoms with E-state index in [2.05, 4.69) is 5.32 Å². The number of para-hydroxylation sites is 1. The lowest BCUT2D eigenvalue weighted by Gasteiger charge is -2.17. The number of anilines is 1. The van der Waals surface area contributed by atoms with Gasteiger partial charge in [0.25, 0.3) is 5.91 Å². The van der Waals surface area contributed by atoms with Gasteiger partial charge < -0.3 is 19.5 Å². The molecule has 0 bridgehead atoms. The molecule has 1 amide bonds. The third-order valence-electron chi connectivity index (χ3n) is 4.54. The first kappa shape index (κ1) is 24.2. The highest BCUT2D eigenvalue weighted by Crippen LogP contribution is 2.31. The number of hydrogen-bond acceptors (Lipinski definition) is 5. The zero-order chi connectivity index (χ0) is 23.8. The lowest BCUT2D eigenvalue weighted by Crippen LogP contribution is -2.25. The van der Waals surface area contributed by atoms with Gasteiger partial charge in [0.05, 0.1) is 14.2 Å². The average Bonchev–Trinajstić information content (AvgIpc) is 2.80. The van der Waals surface area contributed by atoms with Crippen LogP contribution in [0.2, 0.25) is 10.0 Å². The minimum atomic E-state index is -1.20. The van der Waals surface area contributed by atoms with E-state index in [1.165, 1.54) is 26.4 Å². The predicted octanol–water partition coefficient (Wildman–Crippen LogP) is 5.95. The van der Waals surface area contributed by atoms with E-state index in [9.17, 15) is 9.59 Å². The Hall–Kier alpha value is -3.48. The van der Waals surface area contributed by atoms with Gasteiger partial charge in [-0.1, -0.05) is 65.7 Å². The van der Waals surface area contributed by atoms with E-state index >= 15 is 0 Å². The number of nitrogens with one attached hydrogen (secondary N) is 1. The number of carbonyl (C=O) groups is 2. The van der Waals surface area contributed by atoms with Crippen LogP contribution >= 0.6 is 23.2 Å². The minimum absolute atomic E-state index is 0.362. The van der Waals surface area contributed by atoms with Gasteiger partial charge in [-0.3, -0.25) is 4.79 Å². The van der Waals surface area contributed by atoms with Crippen molar-refractivity contribution >= 4 is 46.8 Å². The van der Waals surface area contributed by atoms with Gasteiger partial charge >= 0.3 is 5.97 Å². The maximum atomic E-state index is 13.0. The average molecular weight is 486 g/mol. The van der Waals surface area contributed by atoms with Crippen LogP contribution in [0, 0.1) is 0 Å². The van der Waals surface area contributed by atoms with Gasteiger partial charge in [-0.25, -0.2) is 4.79 Å². The Morgan fingerprint density at radius 3 is 2.24 bits per heavy atom. The highest BCUT2D eigenvalue weighted by Gasteiger charge is 2.24. The Bertz CT molecular complexity index is 1140. The van der Waals surface area contributed by atoms with Gasteiger partial charge in [0.2, 0.25) is 6.10 Å². The molecule has 3 rings (SSSR count). The molecule has 0 unspecified atom stereocenters. The highest BCUT2D eigenvalue weighted by molar-refractivity contribution is 6.35. The van der Waals surface area contributed by atoms with Crippen molar-refractivity contribution in [1.82, 2.24) is 0 Å². The number of amides is 1. The molecule has 0 saturated heterocycles. The maximum Gasteiger partial charge on any atom is 0.331 e. The first-order chi connectivity index (χ1) is 15.9. The summed E-state index contributed by atoms with van der Waals surface area (Å²) in [5.74, 6) is -0.276. The Labute approximate surface area is 201 Å². The molecule has 0 radical (unpaired) electrons. The van der Waals surface area contributed by atoms with Crippen molar-refractivity contribution in [3.63, 3.8) is 0 Å². The summed E-state index contributed by atoms with van der Waals surface area (Å²) in [6, 6.07) is 18.6. The summed E-state index contributed by atoms with van der Waals surface area (Å²) in [5.41, 5.74) is 1.50. The Kier molecular flexibility index (Phi) is 8.35. The van der Waals surface area contributed by atoms with Crippen LogP contribution in [0.4, 0.5) is 5.69 Å². The van der Waals surface area contributed by atoms with Crippen molar-refractivity contribution in [1.29, 1.82) is 0 Å². The topological polar surface area (TPSA) is 73.9 Å². The fourth-order valence-electron chi connectivity index (χ4n) is 3.09. The molecule has 0 aliphatic heterocycles. The van der Waals surface area contributed by atoms with Crippen LogP contribution in [0.3, 0.4) is 0 Å². The number of benzene rings is 3. The monoisotopic (exact) mass is 485 g/mol. The highest BCUT2D eigenvalue weighted by atomic mass is 35.5. The summed E-state index contributed by atoms with van der Waals surface area (Å²) in [6.07, 6.45) is 1.55. The largest absolute Gasteiger partial charge is 0.493 e. The Morgan fingerprint density at radius 2 is 1.61 bits per heavy atom. The second-order valence-corrected chi connectivity index (χ2v) is 7.66. The molecule has 33 heavy (non-hydrogen) atoms. The van der Waals surface area contributed by atoms with Gasteiger partial charge in [-0.2, -0.15) is 0 Å². The van der Waals surface area contributed by atoms with Crippen LogP contribution in [-0.4, -0.2) is 26.1 Å². The van der Waals surface area contributed by atoms with Crippen LogP contribution < -0.4 is 14.8 Å². The van der Waals surface area contributed by atoms with Crippen LogP contribution in [0.15, 0.2) is 72.8 Å². The summed E-state index contributed by atoms with van der Waals surface area (Å²) in [5, 5.41) is 3.41. The first-order valence-electron chi connectivity index (χ1n) is 9.83. The summed E-state index contributed by atoms with van der Waals surface area (Å²) >= 11 is 12.0. The number of hydrogen-bond donors (Lipinski definition) is 1. The molecule has 0 heterocycles. The molecule has 0 fully saturated rings. The molecule has 0 spiro atoms. The molecular weight excluding hydrogens is 465 g/mol. The van der Waals surface area contributed by atoms with Crippen LogP contribution in [0.5, 0.6) is 11.5 Å². The smallest absolute Gasteiger partial charge is 0.331 e. The molecule has 3 aromatic rings. The van der Waals surface area contributed by atoms with E-state index in [0.29, 0.717) is 38.4 Å². The number of rotatable bonds is 8. The second-order valence-electron chi connectivity index (χ2n) is 6.79. The standard InChI is InChI=1S/C25H21Cl2NO5/c1-31-21-10-6-9-17(23(21)32-2)11-12-22(29)33-24(16-7-4-3-5-8-16)25(30)28-20-14-18(26)13-19(27)15-20/h3-15,24H,1-2H3,(H,28,30)/b12-11+/t24-/m1/s1. The number of esters is 1. The van der Waals surface area contributed by atoms with Crippen molar-refractivity contribution in [2.75, 3.05) is 19.5 Å². The lowest BCUT2D eigenvalue weighted by molar-refractivity contribution is -0.149. The number of methoxy groups -OCH3 is 2. The molecule has 3 aromatic carbocycles. The zero-order valence-electron chi connectivity index (χ0n) is 17.9. The molecule has 6 nitrogen and oxygen atoms in total. The number of halogens is 2. The summed E-state index contributed by atoms with van der Waals surface area (Å²) in [6.45, 7) is 0. The zero-order valence-corrected chi connectivity index (χ0v) is 19.4. The number of carbonyl (C=O) groups excluding carboxylic acids is 2. The van der Waals surface area contributed by atoms with E-state index in [0.717, 1.165) is 0 Å². The minimum Gasteiger partial charge on any atom is -0.493 e. The van der Waals surface area contributed by atoms with Crippen molar-refractivity contribution < 1.29 is 23.8 Å². The fraction of sp³-hybridized carbons (Fsp3) is 0.120. The lowest BCUT2D eigenvalue weighted by atomic mass is 10.1. The molecule has 0 saturated carbocycles. The van der Waals surface area contributed by atoms with Gasteiger partial charge in [0, 0.05) is 32.9 Å². The van der Waals surface area contributed by atoms with Crippen LogP contribution in [-0.2, 0) is 14.3 Å². The van der Waals surface area contributed by atoms with Crippen molar-refractivity contribution in [2.45, 2.75) is 6.10 Å². The van der Waals surface area contributed by atoms with Crippen molar-refractivity contribution in [2.24, 2.45) is 0 Å². The van der Waals surface area contributed by atoms with E-state index < -0.39 is 18.0 Å². The molecule has 1 atom stereocenters. The van der Waals surface area contributed by atoms with Crippen LogP contribution in [0.25, 0.3) is 6.08 Å². The molecule has 0 aliphatic carbocycles. The van der Waals surface area contributed by atoms with Gasteiger partial charge in [-0.05, 0) is 30.3 Å². The first-order valence-corrected chi connectivity index (χ1v) is 10.6. The van der Waals surface area contributed by atoms with E-state index in [1.807, 2.05) is 0 Å². The third kappa shape index (κ3) is 6.51. The van der Waals surface area contributed by atoms with E-state index in [-0.39, 0.29) is 0 Å². The number of ether oxygens (including phenoxy) is 3. The normalized spacial score (nSPS) is 11.6. The quantitative estimate of drug-likeness (QED) is 0.315. The van der Waals surface area contributed by atoms with E-state index in [1.54, 1.807) is 66.7 Å². The summed E-state index contributed by atoms with van der Waals surface area (Å²) < 4.78 is 16.1. The molecule has 1 N–H and O–H groups in total. The molecule has 8 heteroatoms. The molecule has 170 valence electrons.